The van der Waals surface area contributed by atoms with Crippen molar-refractivity contribution < 1.29 is 13.3 Å². The van der Waals surface area contributed by atoms with E-state index in [0.717, 1.165) is 19.9 Å². The van der Waals surface area contributed by atoms with Gasteiger partial charge in [0.2, 0.25) is 0 Å². The molecule has 31 heavy (non-hydrogen) atoms. The van der Waals surface area contributed by atoms with Crippen LogP contribution in [0.2, 0.25) is 0 Å². The van der Waals surface area contributed by atoms with E-state index in [1.54, 1.807) is 62.4 Å². The zero-order valence-electron chi connectivity index (χ0n) is 17.8. The summed E-state index contributed by atoms with van der Waals surface area (Å²) in [6.45, 7) is 9.73. The van der Waals surface area contributed by atoms with Crippen molar-refractivity contribution >= 4 is 86.6 Å². The molecule has 0 saturated carbocycles. The lowest BCUT2D eigenvalue weighted by Crippen LogP contribution is -2.57. The molecule has 0 bridgehead atoms. The Balaban J connectivity index is 1.64. The van der Waals surface area contributed by atoms with Crippen LogP contribution in [-0.4, -0.2) is 33.6 Å². The zero-order valence-corrected chi connectivity index (χ0v) is 23.7. The minimum Gasteiger partial charge on any atom is -0.370 e. The van der Waals surface area contributed by atoms with Crippen molar-refractivity contribution in [2.24, 2.45) is 0 Å². The maximum Gasteiger partial charge on any atom is 0.538 e. The number of fused-ring (bicyclic) bond motifs is 1. The number of para-hydroxylation sites is 1. The lowest BCUT2D eigenvalue weighted by molar-refractivity contribution is 0.0854. The second-order valence-electron chi connectivity index (χ2n) is 6.17. The summed E-state index contributed by atoms with van der Waals surface area (Å²) in [6, 6.07) is 14.7. The van der Waals surface area contributed by atoms with Crippen molar-refractivity contribution in [2.45, 2.75) is 36.9 Å². The number of aryl methyl sites for hydroxylation is 1. The molecular formula is C20H25NO3S6Si. The first-order valence-electron chi connectivity index (χ1n) is 9.85. The molecule has 0 aliphatic rings. The van der Waals surface area contributed by atoms with Crippen molar-refractivity contribution in [3.8, 4) is 0 Å². The van der Waals surface area contributed by atoms with Gasteiger partial charge in [-0.2, -0.15) is 0 Å². The Morgan fingerprint density at radius 2 is 1.55 bits per heavy atom. The summed E-state index contributed by atoms with van der Waals surface area (Å²) >= 11 is 1.73. The second kappa shape index (κ2) is 13.2. The molecule has 0 fully saturated rings. The van der Waals surface area contributed by atoms with Gasteiger partial charge < -0.3 is 13.3 Å². The van der Waals surface area contributed by atoms with Gasteiger partial charge in [0.1, 0.15) is 0 Å². The van der Waals surface area contributed by atoms with Gasteiger partial charge >= 0.3 is 8.80 Å². The Bertz CT molecular complexity index is 923. The first kappa shape index (κ1) is 25.8. The third-order valence-electron chi connectivity index (χ3n) is 4.03. The van der Waals surface area contributed by atoms with Crippen molar-refractivity contribution in [3.63, 3.8) is 0 Å². The highest BCUT2D eigenvalue weighted by Gasteiger charge is 2.45. The van der Waals surface area contributed by atoms with Crippen LogP contribution in [0.1, 0.15) is 26.3 Å². The summed E-state index contributed by atoms with van der Waals surface area (Å²) in [6.07, 6.45) is 0. The number of nitrogens with zero attached hydrogens (tertiary/aromatic N) is 1. The minimum absolute atomic E-state index is 0.556. The van der Waals surface area contributed by atoms with Gasteiger partial charge in [-0.3, -0.25) is 0 Å². The third-order valence-corrected chi connectivity index (χ3v) is 16.9. The number of hydrogen-bond donors (Lipinski definition) is 0. The Kier molecular flexibility index (Phi) is 11.0. The number of aromatic nitrogens is 1. The molecule has 0 aliphatic heterocycles. The Morgan fingerprint density at radius 3 is 2.23 bits per heavy atom. The van der Waals surface area contributed by atoms with Crippen LogP contribution < -0.4 is 5.19 Å². The van der Waals surface area contributed by atoms with Crippen molar-refractivity contribution in [2.75, 3.05) is 19.8 Å². The maximum absolute atomic E-state index is 6.16. The van der Waals surface area contributed by atoms with E-state index in [2.05, 4.69) is 48.3 Å². The van der Waals surface area contributed by atoms with Gasteiger partial charge in [0, 0.05) is 29.9 Å². The van der Waals surface area contributed by atoms with Gasteiger partial charge in [-0.25, -0.2) is 4.98 Å². The van der Waals surface area contributed by atoms with Crippen molar-refractivity contribution in [1.82, 2.24) is 4.98 Å². The van der Waals surface area contributed by atoms with E-state index in [9.17, 15) is 0 Å². The Morgan fingerprint density at radius 1 is 0.871 bits per heavy atom. The SMILES string of the molecule is CCO[Si](OCC)(OCC)c1cc(C)ccc1SSSSSc1nc2ccccc2s1. The fourth-order valence-corrected chi connectivity index (χ4v) is 16.1. The standard InChI is InChI=1S/C20H25NO3S6Si/c1-5-22-31(23-6-2,24-7-3)19-14-15(4)12-13-18(19)26-28-30-29-27-20-21-16-10-8-9-11-17(16)25-20/h8-14H,5-7H2,1-4H3. The summed E-state index contributed by atoms with van der Waals surface area (Å²) in [5, 5.41) is 1.06. The highest BCUT2D eigenvalue weighted by molar-refractivity contribution is 9.35. The van der Waals surface area contributed by atoms with Crippen LogP contribution in [0.15, 0.2) is 51.7 Å². The number of benzene rings is 2. The average Bonchev–Trinajstić information content (AvgIpc) is 3.17. The van der Waals surface area contributed by atoms with Crippen LogP contribution in [0.3, 0.4) is 0 Å². The van der Waals surface area contributed by atoms with Gasteiger partial charge in [0.15, 0.2) is 4.34 Å². The molecule has 0 aliphatic carbocycles. The molecule has 0 N–H and O–H groups in total. The molecule has 1 aromatic heterocycles. The maximum atomic E-state index is 6.16. The molecule has 4 nitrogen and oxygen atoms in total. The lowest BCUT2D eigenvalue weighted by atomic mass is 10.2. The highest BCUT2D eigenvalue weighted by Crippen LogP contribution is 2.53. The summed E-state index contributed by atoms with van der Waals surface area (Å²) in [4.78, 5) is 5.81. The smallest absolute Gasteiger partial charge is 0.370 e. The van der Waals surface area contributed by atoms with Crippen LogP contribution >= 0.6 is 62.4 Å². The monoisotopic (exact) mass is 547 g/mol. The fraction of sp³-hybridized carbons (Fsp3) is 0.350. The van der Waals surface area contributed by atoms with Crippen LogP contribution in [0.25, 0.3) is 10.2 Å². The zero-order chi connectivity index (χ0) is 22.1. The molecule has 168 valence electrons. The number of hydrogen-bond acceptors (Lipinski definition) is 10. The largest absolute Gasteiger partial charge is 0.538 e. The molecule has 0 spiro atoms. The van der Waals surface area contributed by atoms with Gasteiger partial charge in [0.25, 0.3) is 0 Å². The predicted octanol–water partition coefficient (Wildman–Crippen LogP) is 7.60. The van der Waals surface area contributed by atoms with Crippen LogP contribution in [-0.2, 0) is 13.3 Å². The molecule has 11 heteroatoms. The van der Waals surface area contributed by atoms with Crippen LogP contribution in [0.5, 0.6) is 0 Å². The molecule has 2 aromatic carbocycles. The Hall–Kier alpha value is 0.177. The van der Waals surface area contributed by atoms with E-state index < -0.39 is 8.80 Å². The highest BCUT2D eigenvalue weighted by atomic mass is 33.8. The molecule has 3 rings (SSSR count). The van der Waals surface area contributed by atoms with E-state index in [1.165, 1.54) is 10.3 Å². The van der Waals surface area contributed by atoms with Crippen molar-refractivity contribution in [1.29, 1.82) is 0 Å². The molecule has 0 saturated heterocycles. The number of thiazole rings is 1. The normalized spacial score (nSPS) is 12.0. The van der Waals surface area contributed by atoms with E-state index >= 15 is 0 Å². The van der Waals surface area contributed by atoms with E-state index in [-0.39, 0.29) is 0 Å². The summed E-state index contributed by atoms with van der Waals surface area (Å²) in [7, 11) is 5.67. The summed E-state index contributed by atoms with van der Waals surface area (Å²) in [5.74, 6) is 0. The molecule has 0 unspecified atom stereocenters. The summed E-state index contributed by atoms with van der Waals surface area (Å²) < 4.78 is 20.8. The van der Waals surface area contributed by atoms with Gasteiger partial charge in [0.05, 0.1) is 10.2 Å². The third kappa shape index (κ3) is 7.08. The van der Waals surface area contributed by atoms with E-state index in [4.69, 9.17) is 13.3 Å². The van der Waals surface area contributed by atoms with Gasteiger partial charge in [-0.15, -0.1) is 11.3 Å². The average molecular weight is 548 g/mol. The Labute approximate surface area is 208 Å². The van der Waals surface area contributed by atoms with Gasteiger partial charge in [-0.05, 0) is 97.0 Å². The topological polar surface area (TPSA) is 40.6 Å². The predicted molar refractivity (Wildman–Crippen MR) is 146 cm³/mol. The van der Waals surface area contributed by atoms with E-state index in [0.29, 0.717) is 19.8 Å². The molecule has 3 aromatic rings. The van der Waals surface area contributed by atoms with Crippen LogP contribution in [0.4, 0.5) is 0 Å². The number of rotatable bonds is 13. The molecule has 0 amide bonds. The molecular weight excluding hydrogens is 523 g/mol. The lowest BCUT2D eigenvalue weighted by Gasteiger charge is -2.30. The molecule has 1 heterocycles. The second-order valence-corrected chi connectivity index (χ2v) is 17.4. The fourth-order valence-electron chi connectivity index (χ4n) is 2.88. The molecule has 0 atom stereocenters. The van der Waals surface area contributed by atoms with Crippen LogP contribution in [0, 0.1) is 6.92 Å². The minimum atomic E-state index is -2.95. The quantitative estimate of drug-likeness (QED) is 0.122. The van der Waals surface area contributed by atoms with E-state index in [1.807, 2.05) is 26.8 Å². The summed E-state index contributed by atoms with van der Waals surface area (Å²) in [5.41, 5.74) is 2.24. The van der Waals surface area contributed by atoms with Gasteiger partial charge in [-0.1, -0.05) is 29.8 Å². The first-order valence-corrected chi connectivity index (χ1v) is 18.5. The van der Waals surface area contributed by atoms with Crippen molar-refractivity contribution in [3.05, 3.63) is 48.0 Å². The molecule has 0 radical (unpaired) electrons. The first-order chi connectivity index (χ1) is 15.1.